The fraction of sp³-hybridized carbons (Fsp3) is 0.158. The lowest BCUT2D eigenvalue weighted by Crippen LogP contribution is -1.98. The van der Waals surface area contributed by atoms with Crippen molar-refractivity contribution in [1.82, 2.24) is 0 Å². The summed E-state index contributed by atoms with van der Waals surface area (Å²) >= 11 is 0. The number of methoxy groups -OCH3 is 1. The van der Waals surface area contributed by atoms with E-state index in [0.717, 1.165) is 5.56 Å². The zero-order chi connectivity index (χ0) is 17.1. The Balaban J connectivity index is 1.97. The van der Waals surface area contributed by atoms with Gasteiger partial charge in [0.1, 0.15) is 23.3 Å². The molecule has 3 rings (SSSR count). The first-order valence-corrected chi connectivity index (χ1v) is 7.36. The highest BCUT2D eigenvalue weighted by atomic mass is 16.5. The number of allylic oxidation sites excluding steroid dienone is 1. The molecule has 1 aliphatic heterocycles. The third-order valence-electron chi connectivity index (χ3n) is 3.75. The molecule has 0 saturated heterocycles. The van der Waals surface area contributed by atoms with E-state index in [1.165, 1.54) is 0 Å². The second-order valence-corrected chi connectivity index (χ2v) is 5.19. The Morgan fingerprint density at radius 3 is 2.75 bits per heavy atom. The lowest BCUT2D eigenvalue weighted by Gasteiger charge is -2.09. The lowest BCUT2D eigenvalue weighted by atomic mass is 10.1. The Kier molecular flexibility index (Phi) is 4.21. The van der Waals surface area contributed by atoms with Crippen molar-refractivity contribution in [1.29, 1.82) is 5.26 Å². The minimum Gasteiger partial charge on any atom is -0.496 e. The topological polar surface area (TPSA) is 68.6 Å². The fourth-order valence-electron chi connectivity index (χ4n) is 2.56. The number of ketones is 1. The van der Waals surface area contributed by atoms with Crippen LogP contribution in [0.4, 0.5) is 0 Å². The number of nitriles is 1. The normalized spacial score (nSPS) is 14.0. The molecule has 0 atom stereocenters. The van der Waals surface area contributed by atoms with Crippen LogP contribution >= 0.6 is 0 Å². The Morgan fingerprint density at radius 2 is 2.00 bits per heavy atom. The molecule has 0 bridgehead atoms. The third-order valence-corrected chi connectivity index (χ3v) is 3.75. The van der Waals surface area contributed by atoms with Gasteiger partial charge in [0, 0.05) is 11.1 Å². The van der Waals surface area contributed by atoms with E-state index in [2.05, 4.69) is 0 Å². The van der Waals surface area contributed by atoms with Crippen LogP contribution < -0.4 is 14.2 Å². The van der Waals surface area contributed by atoms with E-state index in [0.29, 0.717) is 28.4 Å². The van der Waals surface area contributed by atoms with Crippen molar-refractivity contribution in [3.8, 4) is 23.3 Å². The molecule has 5 nitrogen and oxygen atoms in total. The van der Waals surface area contributed by atoms with Gasteiger partial charge >= 0.3 is 0 Å². The Bertz CT molecular complexity index is 877. The minimum absolute atomic E-state index is 0.0581. The quantitative estimate of drug-likeness (QED) is 0.806. The van der Waals surface area contributed by atoms with Gasteiger partial charge in [-0.2, -0.15) is 5.26 Å². The zero-order valence-electron chi connectivity index (χ0n) is 13.3. The standard InChI is InChI=1S/C19H15NO4/c1-12-15(23-10-9-20)8-7-14-18(21)17(24-19(12)14)11-13-5-3-4-6-16(13)22-2/h3-8,11H,10H2,1-2H3/b17-11-. The van der Waals surface area contributed by atoms with Gasteiger partial charge in [0.25, 0.3) is 0 Å². The summed E-state index contributed by atoms with van der Waals surface area (Å²) < 4.78 is 16.4. The number of hydrogen-bond acceptors (Lipinski definition) is 5. The maximum Gasteiger partial charge on any atom is 0.231 e. The van der Waals surface area contributed by atoms with E-state index < -0.39 is 0 Å². The molecule has 2 aromatic carbocycles. The van der Waals surface area contributed by atoms with E-state index in [4.69, 9.17) is 19.5 Å². The number of carbonyl (C=O) groups excluding carboxylic acids is 1. The van der Waals surface area contributed by atoms with Crippen molar-refractivity contribution >= 4 is 11.9 Å². The molecule has 0 N–H and O–H groups in total. The summed E-state index contributed by atoms with van der Waals surface area (Å²) in [6.07, 6.45) is 1.66. The molecule has 0 aromatic heterocycles. The van der Waals surface area contributed by atoms with Crippen LogP contribution in [-0.4, -0.2) is 19.5 Å². The molecule has 0 saturated carbocycles. The van der Waals surface area contributed by atoms with E-state index in [9.17, 15) is 4.79 Å². The molecule has 0 unspecified atom stereocenters. The number of rotatable bonds is 4. The molecule has 1 aliphatic rings. The molecule has 24 heavy (non-hydrogen) atoms. The summed E-state index contributed by atoms with van der Waals surface area (Å²) in [4.78, 5) is 12.6. The summed E-state index contributed by atoms with van der Waals surface area (Å²) in [6.45, 7) is 1.74. The van der Waals surface area contributed by atoms with Crippen molar-refractivity contribution < 1.29 is 19.0 Å². The van der Waals surface area contributed by atoms with E-state index in [1.807, 2.05) is 30.3 Å². The molecular formula is C19H15NO4. The average molecular weight is 321 g/mol. The van der Waals surface area contributed by atoms with Crippen LogP contribution in [0.1, 0.15) is 21.5 Å². The number of hydrogen-bond donors (Lipinski definition) is 0. The molecule has 1 heterocycles. The van der Waals surface area contributed by atoms with Crippen LogP contribution in [0.5, 0.6) is 17.2 Å². The van der Waals surface area contributed by atoms with E-state index in [1.54, 1.807) is 32.2 Å². The molecular weight excluding hydrogens is 306 g/mol. The van der Waals surface area contributed by atoms with Gasteiger partial charge in [0.15, 0.2) is 12.4 Å². The molecule has 2 aromatic rings. The molecule has 5 heteroatoms. The summed E-state index contributed by atoms with van der Waals surface area (Å²) in [5.41, 5.74) is 1.94. The number of para-hydroxylation sites is 1. The number of benzene rings is 2. The van der Waals surface area contributed by atoms with Gasteiger partial charge in [0.05, 0.1) is 12.7 Å². The third kappa shape index (κ3) is 2.70. The summed E-state index contributed by atoms with van der Waals surface area (Å²) in [5, 5.41) is 8.63. The first-order chi connectivity index (χ1) is 11.7. The monoisotopic (exact) mass is 321 g/mol. The predicted octanol–water partition coefficient (Wildman–Crippen LogP) is 3.52. The maximum atomic E-state index is 12.6. The van der Waals surface area contributed by atoms with Gasteiger partial charge in [-0.1, -0.05) is 18.2 Å². The highest BCUT2D eigenvalue weighted by Gasteiger charge is 2.30. The first kappa shape index (κ1) is 15.6. The second kappa shape index (κ2) is 6.47. The molecule has 0 radical (unpaired) electrons. The summed E-state index contributed by atoms with van der Waals surface area (Å²) in [6, 6.07) is 12.6. The van der Waals surface area contributed by atoms with Crippen LogP contribution in [0, 0.1) is 18.3 Å². The number of fused-ring (bicyclic) bond motifs is 1. The number of carbonyl (C=O) groups is 1. The summed E-state index contributed by atoms with van der Waals surface area (Å²) in [5.74, 6) is 1.70. The van der Waals surface area contributed by atoms with Gasteiger partial charge in [-0.15, -0.1) is 0 Å². The van der Waals surface area contributed by atoms with Crippen molar-refractivity contribution in [2.24, 2.45) is 0 Å². The van der Waals surface area contributed by atoms with Crippen LogP contribution in [0.2, 0.25) is 0 Å². The lowest BCUT2D eigenvalue weighted by molar-refractivity contribution is 0.101. The molecule has 0 amide bonds. The highest BCUT2D eigenvalue weighted by molar-refractivity contribution is 6.15. The number of ether oxygens (including phenoxy) is 3. The van der Waals surface area contributed by atoms with Crippen molar-refractivity contribution in [2.75, 3.05) is 13.7 Å². The first-order valence-electron chi connectivity index (χ1n) is 7.36. The highest BCUT2D eigenvalue weighted by Crippen LogP contribution is 2.39. The van der Waals surface area contributed by atoms with Crippen molar-refractivity contribution in [2.45, 2.75) is 6.92 Å². The predicted molar refractivity (Wildman–Crippen MR) is 88.2 cm³/mol. The van der Waals surface area contributed by atoms with Gasteiger partial charge in [-0.3, -0.25) is 4.79 Å². The van der Waals surface area contributed by atoms with Crippen LogP contribution in [0.25, 0.3) is 6.08 Å². The fourth-order valence-corrected chi connectivity index (χ4v) is 2.56. The van der Waals surface area contributed by atoms with E-state index in [-0.39, 0.29) is 18.1 Å². The van der Waals surface area contributed by atoms with Gasteiger partial charge in [-0.25, -0.2) is 0 Å². The second-order valence-electron chi connectivity index (χ2n) is 5.19. The van der Waals surface area contributed by atoms with E-state index >= 15 is 0 Å². The zero-order valence-corrected chi connectivity index (χ0v) is 13.3. The number of Topliss-reactive ketones (excluding diaryl/α,β-unsaturated/α-hetero) is 1. The molecule has 0 spiro atoms. The average Bonchev–Trinajstić information content (AvgIpc) is 2.92. The number of nitrogens with zero attached hydrogens (tertiary/aromatic N) is 1. The molecule has 0 aliphatic carbocycles. The van der Waals surface area contributed by atoms with Gasteiger partial charge < -0.3 is 14.2 Å². The smallest absolute Gasteiger partial charge is 0.231 e. The largest absolute Gasteiger partial charge is 0.496 e. The minimum atomic E-state index is -0.189. The molecule has 120 valence electrons. The Labute approximate surface area is 139 Å². The van der Waals surface area contributed by atoms with Crippen LogP contribution in [0.15, 0.2) is 42.2 Å². The van der Waals surface area contributed by atoms with Crippen LogP contribution in [0.3, 0.4) is 0 Å². The SMILES string of the molecule is COc1ccccc1/C=C1\Oc2c(ccc(OCC#N)c2C)C1=O. The maximum absolute atomic E-state index is 12.6. The summed E-state index contributed by atoms with van der Waals surface area (Å²) in [7, 11) is 1.58. The van der Waals surface area contributed by atoms with Gasteiger partial charge in [-0.05, 0) is 31.2 Å². The van der Waals surface area contributed by atoms with Gasteiger partial charge in [0.2, 0.25) is 5.78 Å². The van der Waals surface area contributed by atoms with Crippen molar-refractivity contribution in [3.05, 3.63) is 58.8 Å². The van der Waals surface area contributed by atoms with Crippen LogP contribution in [-0.2, 0) is 0 Å². The van der Waals surface area contributed by atoms with Crippen molar-refractivity contribution in [3.63, 3.8) is 0 Å². The Hall–Kier alpha value is -3.26. The molecule has 0 fully saturated rings. The Morgan fingerprint density at radius 1 is 1.21 bits per heavy atom.